The highest BCUT2D eigenvalue weighted by Crippen LogP contribution is 2.41. The summed E-state index contributed by atoms with van der Waals surface area (Å²) >= 11 is 0. The van der Waals surface area contributed by atoms with Gasteiger partial charge in [0, 0.05) is 31.9 Å². The van der Waals surface area contributed by atoms with Crippen molar-refractivity contribution in [3.63, 3.8) is 0 Å². The number of rotatable bonds is 3. The molecule has 3 aliphatic rings. The first kappa shape index (κ1) is 29.8. The molecule has 1 aromatic heterocycles. The Morgan fingerprint density at radius 3 is 2.00 bits per heavy atom. The molecule has 8 nitrogen and oxygen atoms in total. The summed E-state index contributed by atoms with van der Waals surface area (Å²) in [6.45, 7) is 7.98. The van der Waals surface area contributed by atoms with Crippen LogP contribution in [0.3, 0.4) is 0 Å². The SMILES string of the molecule is O=C(O)C(F)(F)F.O=C(O)C(F)(F)F.c1ccc(CN2CCC3(CC2)CCN(C2CCOC2)C3)nc1. The van der Waals surface area contributed by atoms with E-state index in [0.29, 0.717) is 11.5 Å². The number of nitrogens with zero attached hydrogens (tertiary/aromatic N) is 3. The molecular weight excluding hydrogens is 500 g/mol. The third-order valence-corrected chi connectivity index (χ3v) is 6.40. The molecule has 0 saturated carbocycles. The minimum Gasteiger partial charge on any atom is -0.475 e. The summed E-state index contributed by atoms with van der Waals surface area (Å²) in [5.41, 5.74) is 1.79. The molecule has 0 amide bonds. The Kier molecular flexibility index (Phi) is 10.5. The molecule has 3 fully saturated rings. The lowest BCUT2D eigenvalue weighted by Crippen LogP contribution is -2.42. The van der Waals surface area contributed by atoms with Gasteiger partial charge >= 0.3 is 24.3 Å². The third-order valence-electron chi connectivity index (χ3n) is 6.40. The fraction of sp³-hybridized carbons (Fsp3) is 0.682. The van der Waals surface area contributed by atoms with Crippen LogP contribution < -0.4 is 0 Å². The summed E-state index contributed by atoms with van der Waals surface area (Å²) in [5, 5.41) is 14.2. The number of halogens is 6. The molecule has 2 N–H and O–H groups in total. The quantitative estimate of drug-likeness (QED) is 0.575. The van der Waals surface area contributed by atoms with Gasteiger partial charge < -0.3 is 14.9 Å². The zero-order valence-corrected chi connectivity index (χ0v) is 19.4. The number of ether oxygens (including phenoxy) is 1. The first-order valence-corrected chi connectivity index (χ1v) is 11.3. The average molecular weight is 529 g/mol. The van der Waals surface area contributed by atoms with Crippen molar-refractivity contribution in [2.75, 3.05) is 39.4 Å². The molecule has 3 saturated heterocycles. The van der Waals surface area contributed by atoms with Gasteiger partial charge in [-0.05, 0) is 62.9 Å². The van der Waals surface area contributed by atoms with Crippen LogP contribution in [0.2, 0.25) is 0 Å². The fourth-order valence-electron chi connectivity index (χ4n) is 4.41. The van der Waals surface area contributed by atoms with Gasteiger partial charge in [-0.25, -0.2) is 9.59 Å². The summed E-state index contributed by atoms with van der Waals surface area (Å²) in [4.78, 5) is 27.5. The van der Waals surface area contributed by atoms with Crippen molar-refractivity contribution in [2.24, 2.45) is 5.41 Å². The van der Waals surface area contributed by atoms with Crippen molar-refractivity contribution < 1.29 is 50.9 Å². The molecule has 1 aromatic rings. The van der Waals surface area contributed by atoms with E-state index in [9.17, 15) is 26.3 Å². The first-order chi connectivity index (χ1) is 16.7. The van der Waals surface area contributed by atoms with Gasteiger partial charge in [0.1, 0.15) is 0 Å². The highest BCUT2D eigenvalue weighted by molar-refractivity contribution is 5.73. The van der Waals surface area contributed by atoms with Crippen molar-refractivity contribution in [1.29, 1.82) is 0 Å². The Hall–Kier alpha value is -2.45. The van der Waals surface area contributed by atoms with Crippen molar-refractivity contribution in [3.05, 3.63) is 30.1 Å². The van der Waals surface area contributed by atoms with Gasteiger partial charge in [-0.1, -0.05) is 6.07 Å². The van der Waals surface area contributed by atoms with E-state index in [4.69, 9.17) is 24.5 Å². The van der Waals surface area contributed by atoms with E-state index in [1.54, 1.807) is 0 Å². The summed E-state index contributed by atoms with van der Waals surface area (Å²) in [6.07, 6.45) is -2.93. The van der Waals surface area contributed by atoms with Gasteiger partial charge in [-0.3, -0.25) is 14.8 Å². The number of alkyl halides is 6. The standard InChI is InChI=1S/C18H27N3O.2C2HF3O2/c1-2-8-19-16(3-1)13-20-9-5-18(6-10-20)7-11-21(15-18)17-4-12-22-14-17;2*3-2(4,5)1(6)7/h1-3,8,17H,4-7,9-15H2;2*(H,6,7). The number of pyridine rings is 1. The number of aromatic nitrogens is 1. The fourth-order valence-corrected chi connectivity index (χ4v) is 4.41. The second-order valence-electron chi connectivity index (χ2n) is 8.94. The van der Waals surface area contributed by atoms with E-state index in [-0.39, 0.29) is 0 Å². The van der Waals surface area contributed by atoms with Crippen LogP contribution in [0, 0.1) is 5.41 Å². The number of hydrogen-bond donors (Lipinski definition) is 2. The molecule has 4 rings (SSSR count). The predicted octanol–water partition coefficient (Wildman–Crippen LogP) is 3.43. The van der Waals surface area contributed by atoms with Gasteiger partial charge in [-0.2, -0.15) is 26.3 Å². The molecule has 3 aliphatic heterocycles. The molecular formula is C22H29F6N3O5. The van der Waals surface area contributed by atoms with Crippen molar-refractivity contribution in [3.8, 4) is 0 Å². The molecule has 0 aliphatic carbocycles. The zero-order valence-electron chi connectivity index (χ0n) is 19.4. The molecule has 1 spiro atoms. The monoisotopic (exact) mass is 529 g/mol. The van der Waals surface area contributed by atoms with Crippen LogP contribution in [0.25, 0.3) is 0 Å². The maximum absolute atomic E-state index is 10.6. The number of hydrogen-bond acceptors (Lipinski definition) is 6. The number of piperidine rings is 1. The van der Waals surface area contributed by atoms with Crippen molar-refractivity contribution >= 4 is 11.9 Å². The topological polar surface area (TPSA) is 103 Å². The molecule has 0 bridgehead atoms. The summed E-state index contributed by atoms with van der Waals surface area (Å²) in [7, 11) is 0. The van der Waals surface area contributed by atoms with Crippen molar-refractivity contribution in [2.45, 2.75) is 50.6 Å². The Bertz CT molecular complexity index is 815. The van der Waals surface area contributed by atoms with E-state index >= 15 is 0 Å². The van der Waals surface area contributed by atoms with Crippen LogP contribution in [-0.4, -0.2) is 94.7 Å². The van der Waals surface area contributed by atoms with Gasteiger partial charge in [0.05, 0.1) is 12.3 Å². The van der Waals surface area contributed by atoms with Crippen LogP contribution in [0.15, 0.2) is 24.4 Å². The van der Waals surface area contributed by atoms with E-state index in [2.05, 4.69) is 26.9 Å². The molecule has 36 heavy (non-hydrogen) atoms. The highest BCUT2D eigenvalue weighted by Gasteiger charge is 2.43. The van der Waals surface area contributed by atoms with Gasteiger partial charge in [-0.15, -0.1) is 0 Å². The molecule has 0 radical (unpaired) electrons. The first-order valence-electron chi connectivity index (χ1n) is 11.3. The van der Waals surface area contributed by atoms with Crippen LogP contribution in [0.4, 0.5) is 26.3 Å². The lowest BCUT2D eigenvalue weighted by Gasteiger charge is -2.39. The Morgan fingerprint density at radius 2 is 1.56 bits per heavy atom. The molecule has 0 aromatic carbocycles. The molecule has 1 unspecified atom stereocenters. The lowest BCUT2D eigenvalue weighted by molar-refractivity contribution is -0.193. The van der Waals surface area contributed by atoms with E-state index in [1.165, 1.54) is 57.6 Å². The van der Waals surface area contributed by atoms with E-state index in [0.717, 1.165) is 19.8 Å². The van der Waals surface area contributed by atoms with Crippen LogP contribution in [0.1, 0.15) is 31.4 Å². The number of likely N-dealkylation sites (tertiary alicyclic amines) is 2. The third kappa shape index (κ3) is 9.54. The van der Waals surface area contributed by atoms with Gasteiger partial charge in [0.25, 0.3) is 0 Å². The minimum atomic E-state index is -5.08. The van der Waals surface area contributed by atoms with Gasteiger partial charge in [0.2, 0.25) is 0 Å². The normalized spacial score (nSPS) is 22.3. The molecule has 4 heterocycles. The zero-order chi connectivity index (χ0) is 27.0. The Balaban J connectivity index is 0.000000271. The van der Waals surface area contributed by atoms with Crippen LogP contribution in [0.5, 0.6) is 0 Å². The maximum Gasteiger partial charge on any atom is 0.490 e. The van der Waals surface area contributed by atoms with Gasteiger partial charge in [0.15, 0.2) is 0 Å². The summed E-state index contributed by atoms with van der Waals surface area (Å²) in [6, 6.07) is 6.92. The molecule has 1 atom stereocenters. The molecule has 204 valence electrons. The number of carbonyl (C=O) groups is 2. The summed E-state index contributed by atoms with van der Waals surface area (Å²) in [5.74, 6) is -5.51. The Morgan fingerprint density at radius 1 is 1.00 bits per heavy atom. The Labute approximate surface area is 203 Å². The summed E-state index contributed by atoms with van der Waals surface area (Å²) < 4.78 is 69.0. The van der Waals surface area contributed by atoms with E-state index in [1.807, 2.05) is 12.3 Å². The number of aliphatic carboxylic acids is 2. The number of carboxylic acid groups (broad SMARTS) is 2. The second-order valence-corrected chi connectivity index (χ2v) is 8.94. The molecule has 14 heteroatoms. The van der Waals surface area contributed by atoms with Crippen molar-refractivity contribution in [1.82, 2.24) is 14.8 Å². The maximum atomic E-state index is 10.6. The highest BCUT2D eigenvalue weighted by atomic mass is 19.4. The lowest BCUT2D eigenvalue weighted by atomic mass is 9.77. The van der Waals surface area contributed by atoms with Crippen LogP contribution in [-0.2, 0) is 20.9 Å². The average Bonchev–Trinajstić information content (AvgIpc) is 3.47. The van der Waals surface area contributed by atoms with E-state index < -0.39 is 24.3 Å². The minimum absolute atomic E-state index is 0.587. The smallest absolute Gasteiger partial charge is 0.475 e. The largest absolute Gasteiger partial charge is 0.490 e. The second kappa shape index (κ2) is 12.7. The predicted molar refractivity (Wildman–Crippen MR) is 114 cm³/mol. The van der Waals surface area contributed by atoms with Crippen LogP contribution >= 0.6 is 0 Å². The number of carboxylic acids is 2.